The number of aliphatic imine (C=N–C) groups is 1. The molecule has 1 unspecified atom stereocenters. The van der Waals surface area contributed by atoms with Crippen LogP contribution >= 0.6 is 35.3 Å². The molecule has 0 aromatic carbocycles. The van der Waals surface area contributed by atoms with Crippen LogP contribution in [0.25, 0.3) is 0 Å². The number of nitrogens with one attached hydrogen (secondary N) is 2. The molecule has 0 bridgehead atoms. The molecular weight excluding hydrogens is 407 g/mol. The number of likely N-dealkylation sites (tertiary alicyclic amines) is 1. The van der Waals surface area contributed by atoms with E-state index < -0.39 is 0 Å². The highest BCUT2D eigenvalue weighted by atomic mass is 127. The molecule has 1 aliphatic heterocycles. The van der Waals surface area contributed by atoms with Gasteiger partial charge < -0.3 is 10.6 Å². The molecule has 4 nitrogen and oxygen atoms in total. The topological polar surface area (TPSA) is 39.7 Å². The molecule has 2 heterocycles. The summed E-state index contributed by atoms with van der Waals surface area (Å²) in [6, 6.07) is 4.99. The van der Waals surface area contributed by atoms with E-state index in [0.717, 1.165) is 25.6 Å². The highest BCUT2D eigenvalue weighted by Gasteiger charge is 2.20. The van der Waals surface area contributed by atoms with Gasteiger partial charge in [0.05, 0.1) is 6.54 Å². The van der Waals surface area contributed by atoms with Crippen LogP contribution < -0.4 is 10.6 Å². The van der Waals surface area contributed by atoms with Gasteiger partial charge in [-0.15, -0.1) is 35.3 Å². The molecule has 1 atom stereocenters. The highest BCUT2D eigenvalue weighted by molar-refractivity contribution is 14.0. The zero-order valence-corrected chi connectivity index (χ0v) is 17.0. The largest absolute Gasteiger partial charge is 0.355 e. The van der Waals surface area contributed by atoms with Crippen molar-refractivity contribution in [1.29, 1.82) is 0 Å². The summed E-state index contributed by atoms with van der Waals surface area (Å²) < 4.78 is 0. The van der Waals surface area contributed by atoms with E-state index in [1.165, 1.54) is 35.6 Å². The van der Waals surface area contributed by atoms with E-state index in [4.69, 9.17) is 0 Å². The van der Waals surface area contributed by atoms with Gasteiger partial charge in [-0.25, -0.2) is 0 Å². The van der Waals surface area contributed by atoms with Gasteiger partial charge in [0.15, 0.2) is 5.96 Å². The average molecular weight is 436 g/mol. The molecule has 1 aromatic rings. The molecule has 1 fully saturated rings. The minimum Gasteiger partial charge on any atom is -0.355 e. The Morgan fingerprint density at radius 1 is 1.36 bits per heavy atom. The van der Waals surface area contributed by atoms with E-state index in [1.807, 2.05) is 18.4 Å². The lowest BCUT2D eigenvalue weighted by atomic mass is 10.0. The molecule has 2 rings (SSSR count). The Bertz CT molecular complexity index is 461. The molecule has 1 aromatic heterocycles. The minimum atomic E-state index is 0. The van der Waals surface area contributed by atoms with Gasteiger partial charge in [-0.3, -0.25) is 9.89 Å². The fourth-order valence-corrected chi connectivity index (χ4v) is 3.72. The van der Waals surface area contributed by atoms with Gasteiger partial charge in [0.25, 0.3) is 0 Å². The van der Waals surface area contributed by atoms with Crippen LogP contribution in [0, 0.1) is 6.92 Å². The van der Waals surface area contributed by atoms with Crippen molar-refractivity contribution < 1.29 is 0 Å². The third-order valence-electron chi connectivity index (χ3n) is 4.11. The molecule has 1 aliphatic rings. The van der Waals surface area contributed by atoms with Crippen LogP contribution in [0.4, 0.5) is 0 Å². The van der Waals surface area contributed by atoms with E-state index in [0.29, 0.717) is 6.04 Å². The number of rotatable bonds is 5. The standard InChI is InChI=1S/C16H28N4S.HI/c1-4-20-10-6-5-7-14(20)11-18-16(17-3)19-12-15-9-8-13(2)21-15;/h8-9,14H,4-7,10-12H2,1-3H3,(H2,17,18,19);1H. The summed E-state index contributed by atoms with van der Waals surface area (Å²) in [4.78, 5) is 9.61. The lowest BCUT2D eigenvalue weighted by Gasteiger charge is -2.35. The maximum atomic E-state index is 4.33. The third kappa shape index (κ3) is 6.04. The second kappa shape index (κ2) is 10.4. The number of halogens is 1. The van der Waals surface area contributed by atoms with Crippen molar-refractivity contribution in [3.05, 3.63) is 21.9 Å². The van der Waals surface area contributed by atoms with Crippen molar-refractivity contribution in [2.75, 3.05) is 26.7 Å². The van der Waals surface area contributed by atoms with Gasteiger partial charge in [-0.05, 0) is 45.0 Å². The second-order valence-electron chi connectivity index (χ2n) is 5.60. The molecular formula is C16H29IN4S. The van der Waals surface area contributed by atoms with Crippen molar-refractivity contribution in [3.8, 4) is 0 Å². The Balaban J connectivity index is 0.00000242. The quantitative estimate of drug-likeness (QED) is 0.423. The first-order valence-electron chi connectivity index (χ1n) is 7.96. The number of nitrogens with zero attached hydrogens (tertiary/aromatic N) is 2. The molecule has 6 heteroatoms. The van der Waals surface area contributed by atoms with Gasteiger partial charge in [0.2, 0.25) is 0 Å². The maximum Gasteiger partial charge on any atom is 0.191 e. The summed E-state index contributed by atoms with van der Waals surface area (Å²) in [6.45, 7) is 8.61. The van der Waals surface area contributed by atoms with E-state index in [-0.39, 0.29) is 24.0 Å². The fourth-order valence-electron chi connectivity index (χ4n) is 2.89. The van der Waals surface area contributed by atoms with Gasteiger partial charge >= 0.3 is 0 Å². The van der Waals surface area contributed by atoms with Crippen LogP contribution in [0.1, 0.15) is 35.9 Å². The molecule has 1 saturated heterocycles. The van der Waals surface area contributed by atoms with Crippen molar-refractivity contribution in [2.24, 2.45) is 4.99 Å². The molecule has 0 amide bonds. The minimum absolute atomic E-state index is 0. The van der Waals surface area contributed by atoms with Gasteiger partial charge in [0.1, 0.15) is 0 Å². The van der Waals surface area contributed by atoms with Crippen molar-refractivity contribution in [2.45, 2.75) is 45.7 Å². The Morgan fingerprint density at radius 2 is 2.18 bits per heavy atom. The molecule has 22 heavy (non-hydrogen) atoms. The number of likely N-dealkylation sites (N-methyl/N-ethyl adjacent to an activating group) is 1. The number of hydrogen-bond acceptors (Lipinski definition) is 3. The summed E-state index contributed by atoms with van der Waals surface area (Å²) >= 11 is 1.84. The van der Waals surface area contributed by atoms with Gasteiger partial charge in [-0.2, -0.15) is 0 Å². The summed E-state index contributed by atoms with van der Waals surface area (Å²) in [5.74, 6) is 0.905. The molecule has 126 valence electrons. The number of hydrogen-bond donors (Lipinski definition) is 2. The second-order valence-corrected chi connectivity index (χ2v) is 6.97. The number of piperidine rings is 1. The maximum absolute atomic E-state index is 4.33. The van der Waals surface area contributed by atoms with Crippen LogP contribution in [0.2, 0.25) is 0 Å². The van der Waals surface area contributed by atoms with Gasteiger partial charge in [-0.1, -0.05) is 13.3 Å². The smallest absolute Gasteiger partial charge is 0.191 e. The first-order valence-corrected chi connectivity index (χ1v) is 8.78. The number of aryl methyl sites for hydroxylation is 1. The fraction of sp³-hybridized carbons (Fsp3) is 0.688. The summed E-state index contributed by atoms with van der Waals surface area (Å²) in [6.07, 6.45) is 3.99. The van der Waals surface area contributed by atoms with Crippen LogP contribution in [-0.2, 0) is 6.54 Å². The van der Waals surface area contributed by atoms with Crippen LogP contribution in [0.3, 0.4) is 0 Å². The first-order chi connectivity index (χ1) is 10.2. The van der Waals surface area contributed by atoms with Crippen LogP contribution in [-0.4, -0.2) is 43.6 Å². The summed E-state index contributed by atoms with van der Waals surface area (Å²) in [5.41, 5.74) is 0. The third-order valence-corrected chi connectivity index (χ3v) is 5.11. The van der Waals surface area contributed by atoms with Crippen LogP contribution in [0.5, 0.6) is 0 Å². The first kappa shape index (κ1) is 19.7. The van der Waals surface area contributed by atoms with E-state index in [9.17, 15) is 0 Å². The number of thiophene rings is 1. The molecule has 0 radical (unpaired) electrons. The summed E-state index contributed by atoms with van der Waals surface area (Å²) in [7, 11) is 1.84. The highest BCUT2D eigenvalue weighted by Crippen LogP contribution is 2.16. The Kier molecular flexibility index (Phi) is 9.35. The molecule has 2 N–H and O–H groups in total. The van der Waals surface area contributed by atoms with Gasteiger partial charge in [0, 0.05) is 29.4 Å². The predicted molar refractivity (Wildman–Crippen MR) is 108 cm³/mol. The van der Waals surface area contributed by atoms with E-state index in [1.54, 1.807) is 0 Å². The van der Waals surface area contributed by atoms with Crippen LogP contribution in [0.15, 0.2) is 17.1 Å². The monoisotopic (exact) mass is 436 g/mol. The van der Waals surface area contributed by atoms with Crippen molar-refractivity contribution in [1.82, 2.24) is 15.5 Å². The number of guanidine groups is 1. The average Bonchev–Trinajstić information content (AvgIpc) is 2.93. The molecule has 0 spiro atoms. The van der Waals surface area contributed by atoms with Crippen molar-refractivity contribution in [3.63, 3.8) is 0 Å². The van der Waals surface area contributed by atoms with E-state index >= 15 is 0 Å². The Morgan fingerprint density at radius 3 is 2.82 bits per heavy atom. The molecule has 0 aliphatic carbocycles. The lowest BCUT2D eigenvalue weighted by Crippen LogP contribution is -2.48. The summed E-state index contributed by atoms with van der Waals surface area (Å²) in [5, 5.41) is 6.88. The predicted octanol–water partition coefficient (Wildman–Crippen LogP) is 3.21. The van der Waals surface area contributed by atoms with E-state index in [2.05, 4.69) is 46.5 Å². The Hall–Kier alpha value is -0.340. The molecule has 0 saturated carbocycles. The zero-order valence-electron chi connectivity index (χ0n) is 13.9. The normalized spacial score (nSPS) is 19.6. The SMILES string of the molecule is CCN1CCCCC1CNC(=NC)NCc1ccc(C)s1.I. The Labute approximate surface area is 155 Å². The zero-order chi connectivity index (χ0) is 15.1. The lowest BCUT2D eigenvalue weighted by molar-refractivity contribution is 0.157. The van der Waals surface area contributed by atoms with Crippen molar-refractivity contribution >= 4 is 41.3 Å².